The molecule has 1 atom stereocenters. The number of hydrogen-bond donors (Lipinski definition) is 1. The third kappa shape index (κ3) is 3.19. The van der Waals surface area contributed by atoms with Crippen LogP contribution in [0.15, 0.2) is 0 Å². The lowest BCUT2D eigenvalue weighted by atomic mass is 10.0. The number of carbonyl (C=O) groups excluding carboxylic acids is 1. The molecule has 1 N–H and O–H groups in total. The van der Waals surface area contributed by atoms with E-state index < -0.39 is 14.6 Å². The van der Waals surface area contributed by atoms with E-state index in [-0.39, 0.29) is 18.5 Å². The number of nitrogens with one attached hydrogen (secondary N) is 1. The van der Waals surface area contributed by atoms with Gasteiger partial charge in [-0.2, -0.15) is 0 Å². The van der Waals surface area contributed by atoms with Crippen molar-refractivity contribution in [3.8, 4) is 0 Å². The van der Waals surface area contributed by atoms with E-state index >= 15 is 0 Å². The molecule has 1 unspecified atom stereocenters. The quantitative estimate of drug-likeness (QED) is 0.775. The van der Waals surface area contributed by atoms with Crippen molar-refractivity contribution in [2.24, 2.45) is 0 Å². The number of rotatable bonds is 4. The highest BCUT2D eigenvalue weighted by atomic mass is 32.2. The Bertz CT molecular complexity index is 390. The first-order valence-electron chi connectivity index (χ1n) is 5.85. The summed E-state index contributed by atoms with van der Waals surface area (Å²) in [6, 6.07) is -0.167. The third-order valence-electron chi connectivity index (χ3n) is 3.45. The van der Waals surface area contributed by atoms with E-state index in [1.807, 2.05) is 0 Å². The lowest BCUT2D eigenvalue weighted by Crippen LogP contribution is -2.54. The Hall–Kier alpha value is -0.620. The summed E-state index contributed by atoms with van der Waals surface area (Å²) in [5, 5.41) is 2.97. The molecule has 1 rings (SSSR count). The number of nitrogens with zero attached hydrogens (tertiary/aromatic N) is 1. The molecular weight excluding hydrogens is 240 g/mol. The molecule has 1 aliphatic rings. The van der Waals surface area contributed by atoms with Crippen molar-refractivity contribution in [1.29, 1.82) is 0 Å². The van der Waals surface area contributed by atoms with Crippen LogP contribution in [0.2, 0.25) is 0 Å². The predicted octanol–water partition coefficient (Wildman–Crippen LogP) is 0.0200. The molecule has 100 valence electrons. The average molecular weight is 262 g/mol. The Labute approximate surface area is 103 Å². The monoisotopic (exact) mass is 262 g/mol. The molecule has 0 spiro atoms. The van der Waals surface area contributed by atoms with Gasteiger partial charge in [0.15, 0.2) is 9.84 Å². The largest absolute Gasteiger partial charge is 0.340 e. The maximum atomic E-state index is 12.0. The molecule has 1 fully saturated rings. The van der Waals surface area contributed by atoms with E-state index in [2.05, 4.69) is 5.32 Å². The first-order chi connectivity index (χ1) is 7.69. The van der Waals surface area contributed by atoms with Gasteiger partial charge in [-0.25, -0.2) is 8.42 Å². The molecule has 17 heavy (non-hydrogen) atoms. The first kappa shape index (κ1) is 14.4. The van der Waals surface area contributed by atoms with Crippen LogP contribution in [0.4, 0.5) is 0 Å². The van der Waals surface area contributed by atoms with E-state index in [0.29, 0.717) is 6.54 Å². The molecule has 0 aromatic carbocycles. The van der Waals surface area contributed by atoms with Gasteiger partial charge in [0, 0.05) is 19.3 Å². The number of likely N-dealkylation sites (tertiary alicyclic amines) is 1. The first-order valence-corrected chi connectivity index (χ1v) is 7.74. The number of hydrogen-bond acceptors (Lipinski definition) is 4. The SMILES string of the molecule is CNC1CCCN(CC(C)(C)S(C)(=O)=O)C1=O. The molecule has 0 radical (unpaired) electrons. The molecule has 0 saturated carbocycles. The van der Waals surface area contributed by atoms with E-state index in [9.17, 15) is 13.2 Å². The number of carbonyl (C=O) groups is 1. The predicted molar refractivity (Wildman–Crippen MR) is 67.6 cm³/mol. The van der Waals surface area contributed by atoms with Gasteiger partial charge in [0.25, 0.3) is 0 Å². The Morgan fingerprint density at radius 1 is 1.47 bits per heavy atom. The molecule has 5 nitrogen and oxygen atoms in total. The average Bonchev–Trinajstić information content (AvgIpc) is 2.19. The van der Waals surface area contributed by atoms with Crippen molar-refractivity contribution in [1.82, 2.24) is 10.2 Å². The molecule has 0 aliphatic carbocycles. The number of piperidine rings is 1. The minimum absolute atomic E-state index is 0.00970. The Kier molecular flexibility index (Phi) is 4.19. The van der Waals surface area contributed by atoms with E-state index in [0.717, 1.165) is 12.8 Å². The van der Waals surface area contributed by atoms with Crippen LogP contribution in [0, 0.1) is 0 Å². The molecule has 1 heterocycles. The molecular formula is C11H22N2O3S. The van der Waals surface area contributed by atoms with Gasteiger partial charge in [-0.3, -0.25) is 4.79 Å². The highest BCUT2D eigenvalue weighted by Gasteiger charge is 2.36. The van der Waals surface area contributed by atoms with Gasteiger partial charge in [-0.05, 0) is 33.7 Å². The fraction of sp³-hybridized carbons (Fsp3) is 0.909. The van der Waals surface area contributed by atoms with Crippen LogP contribution in [0.25, 0.3) is 0 Å². The van der Waals surface area contributed by atoms with Gasteiger partial charge in [0.1, 0.15) is 0 Å². The van der Waals surface area contributed by atoms with E-state index in [4.69, 9.17) is 0 Å². The third-order valence-corrected chi connectivity index (χ3v) is 5.59. The maximum Gasteiger partial charge on any atom is 0.239 e. The Balaban J connectivity index is 2.78. The van der Waals surface area contributed by atoms with Crippen LogP contribution in [0.3, 0.4) is 0 Å². The summed E-state index contributed by atoms with van der Waals surface area (Å²) >= 11 is 0. The molecule has 1 aliphatic heterocycles. The van der Waals surface area contributed by atoms with Crippen LogP contribution in [0.5, 0.6) is 0 Å². The summed E-state index contributed by atoms with van der Waals surface area (Å²) < 4.78 is 22.4. The topological polar surface area (TPSA) is 66.5 Å². The van der Waals surface area contributed by atoms with Crippen LogP contribution in [0.1, 0.15) is 26.7 Å². The van der Waals surface area contributed by atoms with E-state index in [1.54, 1.807) is 25.8 Å². The smallest absolute Gasteiger partial charge is 0.239 e. The standard InChI is InChI=1S/C11H22N2O3S/c1-11(2,17(4,15)16)8-13-7-5-6-9(12-3)10(13)14/h9,12H,5-8H2,1-4H3. The van der Waals surface area contributed by atoms with Crippen molar-refractivity contribution in [2.75, 3.05) is 26.4 Å². The molecule has 1 amide bonds. The van der Waals surface area contributed by atoms with Crippen molar-refractivity contribution in [2.45, 2.75) is 37.5 Å². The van der Waals surface area contributed by atoms with Crippen molar-refractivity contribution < 1.29 is 13.2 Å². The van der Waals surface area contributed by atoms with Crippen molar-refractivity contribution >= 4 is 15.7 Å². The zero-order chi connectivity index (χ0) is 13.3. The van der Waals surface area contributed by atoms with Crippen molar-refractivity contribution in [3.63, 3.8) is 0 Å². The second-order valence-corrected chi connectivity index (χ2v) is 7.92. The van der Waals surface area contributed by atoms with Gasteiger partial charge >= 0.3 is 0 Å². The minimum Gasteiger partial charge on any atom is -0.340 e. The van der Waals surface area contributed by atoms with Crippen LogP contribution >= 0.6 is 0 Å². The molecule has 1 saturated heterocycles. The molecule has 6 heteroatoms. The second kappa shape index (κ2) is 4.94. The number of sulfone groups is 1. The normalized spacial score (nSPS) is 22.9. The zero-order valence-corrected chi connectivity index (χ0v) is 11.8. The summed E-state index contributed by atoms with van der Waals surface area (Å²) in [5.41, 5.74) is 0. The summed E-state index contributed by atoms with van der Waals surface area (Å²) in [7, 11) is -1.41. The lowest BCUT2D eigenvalue weighted by molar-refractivity contribution is -0.136. The fourth-order valence-corrected chi connectivity index (χ4v) is 2.33. The highest BCUT2D eigenvalue weighted by Crippen LogP contribution is 2.20. The van der Waals surface area contributed by atoms with Gasteiger partial charge in [-0.1, -0.05) is 0 Å². The summed E-state index contributed by atoms with van der Waals surface area (Å²) in [6.07, 6.45) is 2.96. The maximum absolute atomic E-state index is 12.0. The van der Waals surface area contributed by atoms with Gasteiger partial charge in [0.05, 0.1) is 10.8 Å². The summed E-state index contributed by atoms with van der Waals surface area (Å²) in [5.74, 6) is 0.00970. The molecule has 0 bridgehead atoms. The summed E-state index contributed by atoms with van der Waals surface area (Å²) in [4.78, 5) is 13.7. The number of amides is 1. The Morgan fingerprint density at radius 3 is 2.53 bits per heavy atom. The van der Waals surface area contributed by atoms with Crippen LogP contribution < -0.4 is 5.32 Å². The lowest BCUT2D eigenvalue weighted by Gasteiger charge is -2.36. The van der Waals surface area contributed by atoms with Crippen LogP contribution in [-0.2, 0) is 14.6 Å². The van der Waals surface area contributed by atoms with Crippen LogP contribution in [-0.4, -0.2) is 56.4 Å². The highest BCUT2D eigenvalue weighted by molar-refractivity contribution is 7.92. The minimum atomic E-state index is -3.16. The molecule has 0 aromatic heterocycles. The molecule has 0 aromatic rings. The number of likely N-dealkylation sites (N-methyl/N-ethyl adjacent to an activating group) is 1. The van der Waals surface area contributed by atoms with Crippen molar-refractivity contribution in [3.05, 3.63) is 0 Å². The van der Waals surface area contributed by atoms with Gasteiger partial charge < -0.3 is 10.2 Å². The fourth-order valence-electron chi connectivity index (χ4n) is 1.94. The van der Waals surface area contributed by atoms with Gasteiger partial charge in [0.2, 0.25) is 5.91 Å². The summed E-state index contributed by atoms with van der Waals surface area (Å²) in [6.45, 7) is 4.25. The second-order valence-electron chi connectivity index (χ2n) is 5.28. The van der Waals surface area contributed by atoms with E-state index in [1.165, 1.54) is 6.26 Å². The Morgan fingerprint density at radius 2 is 2.06 bits per heavy atom. The zero-order valence-electron chi connectivity index (χ0n) is 11.0. The van der Waals surface area contributed by atoms with Gasteiger partial charge in [-0.15, -0.1) is 0 Å².